The Bertz CT molecular complexity index is 317. The summed E-state index contributed by atoms with van der Waals surface area (Å²) in [6.07, 6.45) is 5.46. The van der Waals surface area contributed by atoms with Gasteiger partial charge in [-0.15, -0.1) is 0 Å². The first-order chi connectivity index (χ1) is 10.2. The molecule has 122 valence electrons. The van der Waals surface area contributed by atoms with Gasteiger partial charge in [-0.25, -0.2) is 4.79 Å². The van der Waals surface area contributed by atoms with E-state index in [1.807, 2.05) is 4.90 Å². The number of piperazine rings is 1. The maximum absolute atomic E-state index is 12.0. The van der Waals surface area contributed by atoms with Gasteiger partial charge in [0.05, 0.1) is 12.7 Å². The number of nitrogens with zero attached hydrogens (tertiary/aromatic N) is 2. The van der Waals surface area contributed by atoms with Crippen molar-refractivity contribution < 1.29 is 9.53 Å². The van der Waals surface area contributed by atoms with E-state index in [1.165, 1.54) is 25.7 Å². The van der Waals surface area contributed by atoms with Crippen molar-refractivity contribution in [2.45, 2.75) is 45.6 Å². The largest absolute Gasteiger partial charge is 0.376 e. The molecule has 0 aromatic heterocycles. The van der Waals surface area contributed by atoms with E-state index >= 15 is 0 Å². The molecule has 0 radical (unpaired) electrons. The lowest BCUT2D eigenvalue weighted by molar-refractivity contribution is -0.00283. The third-order valence-corrected chi connectivity index (χ3v) is 4.85. The second kappa shape index (κ2) is 8.59. The van der Waals surface area contributed by atoms with Crippen molar-refractivity contribution in [1.82, 2.24) is 15.1 Å². The molecule has 2 aliphatic rings. The average molecular weight is 297 g/mol. The maximum Gasteiger partial charge on any atom is 0.317 e. The highest BCUT2D eigenvalue weighted by molar-refractivity contribution is 5.74. The quantitative estimate of drug-likeness (QED) is 0.789. The molecule has 0 bridgehead atoms. The summed E-state index contributed by atoms with van der Waals surface area (Å²) in [5, 5.41) is 2.98. The van der Waals surface area contributed by atoms with Crippen molar-refractivity contribution >= 4 is 6.03 Å². The van der Waals surface area contributed by atoms with Crippen LogP contribution < -0.4 is 5.32 Å². The standard InChI is InChI=1S/C16H31N3O2/c1-3-18-9-11-19(12-10-18)16(20)17-8-13-21-15-7-5-4-6-14(15)2/h14-15H,3-13H2,1-2H3,(H,17,20). The lowest BCUT2D eigenvalue weighted by atomic mass is 9.88. The van der Waals surface area contributed by atoms with Crippen molar-refractivity contribution in [3.05, 3.63) is 0 Å². The molecule has 5 nitrogen and oxygen atoms in total. The number of carbonyl (C=O) groups is 1. The fourth-order valence-corrected chi connectivity index (χ4v) is 3.28. The Morgan fingerprint density at radius 3 is 2.57 bits per heavy atom. The molecule has 1 N–H and O–H groups in total. The van der Waals surface area contributed by atoms with Gasteiger partial charge in [-0.3, -0.25) is 0 Å². The van der Waals surface area contributed by atoms with Crippen LogP contribution >= 0.6 is 0 Å². The number of carbonyl (C=O) groups excluding carboxylic acids is 1. The number of nitrogens with one attached hydrogen (secondary N) is 1. The third-order valence-electron chi connectivity index (χ3n) is 4.85. The highest BCUT2D eigenvalue weighted by atomic mass is 16.5. The molecule has 0 aromatic carbocycles. The molecule has 21 heavy (non-hydrogen) atoms. The Morgan fingerprint density at radius 1 is 1.19 bits per heavy atom. The van der Waals surface area contributed by atoms with E-state index in [9.17, 15) is 4.79 Å². The summed E-state index contributed by atoms with van der Waals surface area (Å²) in [5.41, 5.74) is 0. The van der Waals surface area contributed by atoms with Crippen LogP contribution in [0.5, 0.6) is 0 Å². The molecule has 2 rings (SSSR count). The Morgan fingerprint density at radius 2 is 1.90 bits per heavy atom. The van der Waals surface area contributed by atoms with E-state index in [-0.39, 0.29) is 6.03 Å². The van der Waals surface area contributed by atoms with Crippen molar-refractivity contribution in [3.63, 3.8) is 0 Å². The number of hydrogen-bond donors (Lipinski definition) is 1. The number of hydrogen-bond acceptors (Lipinski definition) is 3. The number of ether oxygens (including phenoxy) is 1. The van der Waals surface area contributed by atoms with E-state index in [1.54, 1.807) is 0 Å². The van der Waals surface area contributed by atoms with Gasteiger partial charge in [0.25, 0.3) is 0 Å². The normalized spacial score (nSPS) is 27.6. The summed E-state index contributed by atoms with van der Waals surface area (Å²) < 4.78 is 5.93. The molecule has 1 heterocycles. The fraction of sp³-hybridized carbons (Fsp3) is 0.938. The van der Waals surface area contributed by atoms with Gasteiger partial charge in [0.1, 0.15) is 0 Å². The maximum atomic E-state index is 12.0. The minimum Gasteiger partial charge on any atom is -0.376 e. The molecule has 1 aliphatic carbocycles. The number of likely N-dealkylation sites (N-methyl/N-ethyl adjacent to an activating group) is 1. The predicted octanol–water partition coefficient (Wildman–Crippen LogP) is 1.93. The Labute approximate surface area is 129 Å². The molecular weight excluding hydrogens is 266 g/mol. The predicted molar refractivity (Wildman–Crippen MR) is 84.5 cm³/mol. The summed E-state index contributed by atoms with van der Waals surface area (Å²) >= 11 is 0. The van der Waals surface area contributed by atoms with Crippen molar-refractivity contribution in [1.29, 1.82) is 0 Å². The van der Waals surface area contributed by atoms with E-state index in [0.717, 1.165) is 32.7 Å². The Kier molecular flexibility index (Phi) is 6.77. The molecule has 2 unspecified atom stereocenters. The van der Waals surface area contributed by atoms with E-state index in [2.05, 4.69) is 24.1 Å². The van der Waals surface area contributed by atoms with E-state index < -0.39 is 0 Å². The van der Waals surface area contributed by atoms with Crippen LogP contribution in [-0.2, 0) is 4.74 Å². The molecule has 2 fully saturated rings. The average Bonchev–Trinajstić information content (AvgIpc) is 2.53. The molecule has 5 heteroatoms. The monoisotopic (exact) mass is 297 g/mol. The summed E-state index contributed by atoms with van der Waals surface area (Å²) in [7, 11) is 0. The van der Waals surface area contributed by atoms with Crippen LogP contribution in [0.2, 0.25) is 0 Å². The second-order valence-corrected chi connectivity index (χ2v) is 6.32. The first kappa shape index (κ1) is 16.6. The Hall–Kier alpha value is -0.810. The van der Waals surface area contributed by atoms with Crippen LogP contribution in [0.1, 0.15) is 39.5 Å². The van der Waals surface area contributed by atoms with Crippen molar-refractivity contribution in [2.24, 2.45) is 5.92 Å². The van der Waals surface area contributed by atoms with E-state index in [0.29, 0.717) is 25.2 Å². The van der Waals surface area contributed by atoms with Crippen LogP contribution in [0.15, 0.2) is 0 Å². The second-order valence-electron chi connectivity index (χ2n) is 6.32. The molecule has 2 atom stereocenters. The molecule has 2 amide bonds. The van der Waals surface area contributed by atoms with E-state index in [4.69, 9.17) is 4.74 Å². The van der Waals surface area contributed by atoms with Crippen LogP contribution in [0, 0.1) is 5.92 Å². The smallest absolute Gasteiger partial charge is 0.317 e. The van der Waals surface area contributed by atoms with Gasteiger partial charge < -0.3 is 19.9 Å². The van der Waals surface area contributed by atoms with Gasteiger partial charge >= 0.3 is 6.03 Å². The topological polar surface area (TPSA) is 44.8 Å². The van der Waals surface area contributed by atoms with Gasteiger partial charge in [-0.05, 0) is 25.3 Å². The zero-order chi connectivity index (χ0) is 15.1. The van der Waals surface area contributed by atoms with Gasteiger partial charge in [-0.1, -0.05) is 26.7 Å². The molecular formula is C16H31N3O2. The van der Waals surface area contributed by atoms with Crippen LogP contribution in [0.4, 0.5) is 4.79 Å². The minimum atomic E-state index is 0.0612. The molecule has 1 saturated heterocycles. The first-order valence-electron chi connectivity index (χ1n) is 8.57. The summed E-state index contributed by atoms with van der Waals surface area (Å²) in [5.74, 6) is 0.663. The van der Waals surface area contributed by atoms with Crippen molar-refractivity contribution in [3.8, 4) is 0 Å². The number of amides is 2. The van der Waals surface area contributed by atoms with Gasteiger partial charge in [0.2, 0.25) is 0 Å². The molecule has 0 spiro atoms. The first-order valence-corrected chi connectivity index (χ1v) is 8.57. The summed E-state index contributed by atoms with van der Waals surface area (Å²) in [6, 6.07) is 0.0612. The lowest BCUT2D eigenvalue weighted by Gasteiger charge is -2.34. The minimum absolute atomic E-state index is 0.0612. The molecule has 1 saturated carbocycles. The van der Waals surface area contributed by atoms with Crippen LogP contribution in [0.3, 0.4) is 0 Å². The van der Waals surface area contributed by atoms with Crippen LogP contribution in [0.25, 0.3) is 0 Å². The zero-order valence-corrected chi connectivity index (χ0v) is 13.6. The molecule has 1 aliphatic heterocycles. The number of rotatable bonds is 5. The highest BCUT2D eigenvalue weighted by Gasteiger charge is 2.22. The third kappa shape index (κ3) is 5.15. The van der Waals surface area contributed by atoms with Crippen molar-refractivity contribution in [2.75, 3.05) is 45.9 Å². The number of urea groups is 1. The fourth-order valence-electron chi connectivity index (χ4n) is 3.28. The van der Waals surface area contributed by atoms with Gasteiger partial charge in [0, 0.05) is 32.7 Å². The summed E-state index contributed by atoms with van der Waals surface area (Å²) in [4.78, 5) is 16.3. The molecule has 0 aromatic rings. The lowest BCUT2D eigenvalue weighted by Crippen LogP contribution is -2.52. The highest BCUT2D eigenvalue weighted by Crippen LogP contribution is 2.25. The van der Waals surface area contributed by atoms with Gasteiger partial charge in [0.15, 0.2) is 0 Å². The zero-order valence-electron chi connectivity index (χ0n) is 13.6. The summed E-state index contributed by atoms with van der Waals surface area (Å²) in [6.45, 7) is 10.4. The Balaban J connectivity index is 1.57. The van der Waals surface area contributed by atoms with Gasteiger partial charge in [-0.2, -0.15) is 0 Å². The van der Waals surface area contributed by atoms with Crippen LogP contribution in [-0.4, -0.2) is 67.8 Å². The SMILES string of the molecule is CCN1CCN(C(=O)NCCOC2CCCCC2C)CC1.